The number of nitriles is 1. The lowest BCUT2D eigenvalue weighted by atomic mass is 9.96. The van der Waals surface area contributed by atoms with E-state index >= 15 is 0 Å². The summed E-state index contributed by atoms with van der Waals surface area (Å²) in [5.74, 6) is 0.468. The normalized spacial score (nSPS) is 15.3. The number of hydrogen-bond donors (Lipinski definition) is 1. The molecule has 3 aromatic carbocycles. The molecule has 32 heavy (non-hydrogen) atoms. The average Bonchev–Trinajstić information content (AvgIpc) is 3.26. The second kappa shape index (κ2) is 8.32. The molecule has 6 heteroatoms. The molecule has 2 heterocycles. The van der Waals surface area contributed by atoms with E-state index in [1.807, 2.05) is 54.6 Å². The fraction of sp³-hybridized carbons (Fsp3) is 0.0769. The highest BCUT2D eigenvalue weighted by atomic mass is 16.4. The molecule has 154 valence electrons. The minimum absolute atomic E-state index is 0.0681. The first-order valence-electron chi connectivity index (χ1n) is 10.2. The van der Waals surface area contributed by atoms with Crippen LogP contribution in [0.25, 0.3) is 11.3 Å². The van der Waals surface area contributed by atoms with Gasteiger partial charge in [0.1, 0.15) is 0 Å². The number of anilines is 1. The highest BCUT2D eigenvalue weighted by molar-refractivity contribution is 6.16. The van der Waals surface area contributed by atoms with Crippen molar-refractivity contribution in [2.45, 2.75) is 12.6 Å². The summed E-state index contributed by atoms with van der Waals surface area (Å²) in [7, 11) is 0. The highest BCUT2D eigenvalue weighted by Gasteiger charge is 2.27. The van der Waals surface area contributed by atoms with E-state index in [0.717, 1.165) is 28.0 Å². The van der Waals surface area contributed by atoms with E-state index in [1.165, 1.54) is 0 Å². The van der Waals surface area contributed by atoms with Gasteiger partial charge in [-0.2, -0.15) is 5.26 Å². The van der Waals surface area contributed by atoms with E-state index in [9.17, 15) is 4.79 Å². The molecule has 0 saturated heterocycles. The molecule has 1 aliphatic heterocycles. The van der Waals surface area contributed by atoms with Gasteiger partial charge >= 0.3 is 0 Å². The summed E-state index contributed by atoms with van der Waals surface area (Å²) in [5.41, 5.74) is 4.93. The van der Waals surface area contributed by atoms with E-state index in [2.05, 4.69) is 16.4 Å². The minimum atomic E-state index is -0.829. The fourth-order valence-corrected chi connectivity index (χ4v) is 3.70. The van der Waals surface area contributed by atoms with E-state index < -0.39 is 6.17 Å². The second-order valence-corrected chi connectivity index (χ2v) is 7.41. The molecule has 6 nitrogen and oxygen atoms in total. The van der Waals surface area contributed by atoms with Crippen molar-refractivity contribution >= 4 is 17.5 Å². The average molecular weight is 418 g/mol. The van der Waals surface area contributed by atoms with Gasteiger partial charge in [0.25, 0.3) is 6.01 Å². The molecule has 1 aliphatic rings. The van der Waals surface area contributed by atoms with E-state index in [-0.39, 0.29) is 18.2 Å². The summed E-state index contributed by atoms with van der Waals surface area (Å²) in [6, 6.07) is 27.0. The molecule has 0 spiro atoms. The van der Waals surface area contributed by atoms with Crippen molar-refractivity contribution in [1.82, 2.24) is 4.98 Å². The van der Waals surface area contributed by atoms with Crippen LogP contribution in [0.4, 0.5) is 6.01 Å². The van der Waals surface area contributed by atoms with Gasteiger partial charge in [-0.3, -0.25) is 9.79 Å². The number of Topliss-reactive ketones (excluding diaryl/α,β-unsaturated/α-hetero) is 1. The van der Waals surface area contributed by atoms with Gasteiger partial charge in [0, 0.05) is 23.1 Å². The van der Waals surface area contributed by atoms with Crippen molar-refractivity contribution in [1.29, 1.82) is 5.26 Å². The summed E-state index contributed by atoms with van der Waals surface area (Å²) >= 11 is 0. The Kier molecular flexibility index (Phi) is 5.06. The van der Waals surface area contributed by atoms with Crippen LogP contribution in [-0.2, 0) is 11.2 Å². The fourth-order valence-electron chi connectivity index (χ4n) is 3.70. The predicted molar refractivity (Wildman–Crippen MR) is 121 cm³/mol. The third-order valence-electron chi connectivity index (χ3n) is 5.31. The van der Waals surface area contributed by atoms with Crippen molar-refractivity contribution < 1.29 is 9.21 Å². The number of oxazole rings is 1. The lowest BCUT2D eigenvalue weighted by Gasteiger charge is -2.12. The summed E-state index contributed by atoms with van der Waals surface area (Å²) in [4.78, 5) is 22.1. The first-order chi connectivity index (χ1) is 15.7. The van der Waals surface area contributed by atoms with Crippen molar-refractivity contribution in [2.75, 3.05) is 5.32 Å². The molecule has 1 aromatic heterocycles. The van der Waals surface area contributed by atoms with Crippen LogP contribution in [-0.4, -0.2) is 22.6 Å². The van der Waals surface area contributed by atoms with Gasteiger partial charge in [-0.25, -0.2) is 4.98 Å². The number of aliphatic imine (C=N–C) groups is 1. The Morgan fingerprint density at radius 2 is 1.69 bits per heavy atom. The maximum Gasteiger partial charge on any atom is 0.297 e. The standard InChI is InChI=1S/C26H18N4O2/c27-15-17-10-12-18(13-11-17)23-16-28-26(32-23)30-25-22(31)14-20-8-4-5-9-21(20)24(29-25)19-6-2-1-3-7-19/h1-13,16,25H,14H2,(H,28,30). The van der Waals surface area contributed by atoms with Crippen LogP contribution in [0, 0.1) is 11.3 Å². The predicted octanol–water partition coefficient (Wildman–Crippen LogP) is 4.61. The number of carbonyl (C=O) groups is 1. The number of carbonyl (C=O) groups excluding carboxylic acids is 1. The second-order valence-electron chi connectivity index (χ2n) is 7.41. The molecule has 1 N–H and O–H groups in total. The van der Waals surface area contributed by atoms with Crippen molar-refractivity contribution in [3.8, 4) is 17.4 Å². The SMILES string of the molecule is N#Cc1ccc(-c2cnc(NC3N=C(c4ccccc4)c4ccccc4CC3=O)o2)cc1. The Morgan fingerprint density at radius 3 is 2.47 bits per heavy atom. The number of benzene rings is 3. The minimum Gasteiger partial charge on any atom is -0.424 e. The maximum atomic E-state index is 13.0. The maximum absolute atomic E-state index is 13.0. The molecule has 0 radical (unpaired) electrons. The molecule has 5 rings (SSSR count). The molecular weight excluding hydrogens is 400 g/mol. The number of nitrogens with one attached hydrogen (secondary N) is 1. The molecule has 0 amide bonds. The van der Waals surface area contributed by atoms with Crippen LogP contribution in [0.5, 0.6) is 0 Å². The molecule has 1 unspecified atom stereocenters. The van der Waals surface area contributed by atoms with Crippen LogP contribution in [0.3, 0.4) is 0 Å². The Labute approximate surface area is 184 Å². The van der Waals surface area contributed by atoms with Crippen molar-refractivity contribution in [3.63, 3.8) is 0 Å². The molecule has 0 aliphatic carbocycles. The number of fused-ring (bicyclic) bond motifs is 1. The lowest BCUT2D eigenvalue weighted by molar-refractivity contribution is -0.119. The van der Waals surface area contributed by atoms with E-state index in [0.29, 0.717) is 11.3 Å². The third-order valence-corrected chi connectivity index (χ3v) is 5.31. The van der Waals surface area contributed by atoms with Crippen LogP contribution >= 0.6 is 0 Å². The van der Waals surface area contributed by atoms with Crippen molar-refractivity contribution in [2.24, 2.45) is 4.99 Å². The van der Waals surface area contributed by atoms with Gasteiger partial charge in [0.2, 0.25) is 0 Å². The first-order valence-corrected chi connectivity index (χ1v) is 10.2. The van der Waals surface area contributed by atoms with E-state index in [1.54, 1.807) is 30.5 Å². The zero-order chi connectivity index (χ0) is 21.9. The lowest BCUT2D eigenvalue weighted by Crippen LogP contribution is -2.29. The third kappa shape index (κ3) is 3.80. The molecular formula is C26H18N4O2. The van der Waals surface area contributed by atoms with Crippen molar-refractivity contribution in [3.05, 3.63) is 107 Å². The molecule has 0 bridgehead atoms. The van der Waals surface area contributed by atoms with Gasteiger partial charge in [0.05, 0.1) is 23.5 Å². The number of rotatable bonds is 4. The molecule has 4 aromatic rings. The Bertz CT molecular complexity index is 1350. The Balaban J connectivity index is 1.48. The zero-order valence-electron chi connectivity index (χ0n) is 17.0. The summed E-state index contributed by atoms with van der Waals surface area (Å²) in [6.07, 6.45) is 1.02. The molecule has 0 saturated carbocycles. The summed E-state index contributed by atoms with van der Waals surface area (Å²) < 4.78 is 5.83. The summed E-state index contributed by atoms with van der Waals surface area (Å²) in [6.45, 7) is 0. The van der Waals surface area contributed by atoms with Gasteiger partial charge in [-0.1, -0.05) is 54.6 Å². The van der Waals surface area contributed by atoms with E-state index in [4.69, 9.17) is 14.7 Å². The largest absolute Gasteiger partial charge is 0.424 e. The monoisotopic (exact) mass is 418 g/mol. The number of hydrogen-bond acceptors (Lipinski definition) is 6. The Morgan fingerprint density at radius 1 is 0.938 bits per heavy atom. The first kappa shape index (κ1) is 19.5. The topological polar surface area (TPSA) is 91.3 Å². The molecule has 0 fully saturated rings. The van der Waals surface area contributed by atoms with Gasteiger partial charge in [-0.15, -0.1) is 0 Å². The van der Waals surface area contributed by atoms with Gasteiger partial charge in [0.15, 0.2) is 17.7 Å². The van der Waals surface area contributed by atoms with Crippen LogP contribution in [0.15, 0.2) is 94.5 Å². The van der Waals surface area contributed by atoms with Gasteiger partial charge in [-0.05, 0) is 29.8 Å². The number of nitrogens with zero attached hydrogens (tertiary/aromatic N) is 3. The molecule has 1 atom stereocenters. The van der Waals surface area contributed by atoms with Crippen LogP contribution in [0.1, 0.15) is 22.3 Å². The Hall–Kier alpha value is -4.50. The highest BCUT2D eigenvalue weighted by Crippen LogP contribution is 2.25. The number of ketones is 1. The smallest absolute Gasteiger partial charge is 0.297 e. The number of aromatic nitrogens is 1. The quantitative estimate of drug-likeness (QED) is 0.522. The van der Waals surface area contributed by atoms with Gasteiger partial charge < -0.3 is 9.73 Å². The zero-order valence-corrected chi connectivity index (χ0v) is 17.0. The van der Waals surface area contributed by atoms with Crippen LogP contribution < -0.4 is 5.32 Å². The summed E-state index contributed by atoms with van der Waals surface area (Å²) in [5, 5.41) is 12.0. The van der Waals surface area contributed by atoms with Crippen LogP contribution in [0.2, 0.25) is 0 Å².